The fourth-order valence-corrected chi connectivity index (χ4v) is 3.01. The van der Waals surface area contributed by atoms with Gasteiger partial charge in [0.05, 0.1) is 24.4 Å². The van der Waals surface area contributed by atoms with E-state index in [2.05, 4.69) is 9.84 Å². The van der Waals surface area contributed by atoms with Gasteiger partial charge in [-0.25, -0.2) is 0 Å². The van der Waals surface area contributed by atoms with Gasteiger partial charge >= 0.3 is 6.36 Å². The third kappa shape index (κ3) is 4.61. The van der Waals surface area contributed by atoms with E-state index in [1.165, 1.54) is 24.3 Å². The zero-order valence-electron chi connectivity index (χ0n) is 14.3. The molecule has 0 aliphatic heterocycles. The van der Waals surface area contributed by atoms with E-state index in [0.717, 1.165) is 11.1 Å². The Morgan fingerprint density at radius 2 is 2.00 bits per heavy atom. The summed E-state index contributed by atoms with van der Waals surface area (Å²) in [6, 6.07) is 9.48. The minimum absolute atomic E-state index is 0.167. The van der Waals surface area contributed by atoms with Crippen molar-refractivity contribution in [2.24, 2.45) is 0 Å². The number of aliphatic hydroxyl groups excluding tert-OH is 1. The first-order valence-electron chi connectivity index (χ1n) is 8.05. The SMILES string of the molecule is Cc1cc(Cl)ccc1Cn1nc(/C=C/CO)c2ccc(OC(F)(F)F)cc21. The van der Waals surface area contributed by atoms with Gasteiger partial charge in [0.15, 0.2) is 0 Å². The molecule has 3 aromatic rings. The van der Waals surface area contributed by atoms with Crippen LogP contribution in [0.3, 0.4) is 0 Å². The zero-order valence-corrected chi connectivity index (χ0v) is 15.1. The van der Waals surface area contributed by atoms with Crippen molar-refractivity contribution in [2.45, 2.75) is 19.8 Å². The van der Waals surface area contributed by atoms with Crippen LogP contribution in [0, 0.1) is 6.92 Å². The molecule has 0 aliphatic carbocycles. The van der Waals surface area contributed by atoms with Gasteiger partial charge in [0.25, 0.3) is 0 Å². The zero-order chi connectivity index (χ0) is 19.6. The largest absolute Gasteiger partial charge is 0.573 e. The van der Waals surface area contributed by atoms with Crippen LogP contribution in [0.15, 0.2) is 42.5 Å². The lowest BCUT2D eigenvalue weighted by Crippen LogP contribution is -2.17. The van der Waals surface area contributed by atoms with Crippen molar-refractivity contribution in [1.82, 2.24) is 9.78 Å². The van der Waals surface area contributed by atoms with E-state index in [-0.39, 0.29) is 12.4 Å². The van der Waals surface area contributed by atoms with Gasteiger partial charge in [-0.2, -0.15) is 5.10 Å². The number of halogens is 4. The van der Waals surface area contributed by atoms with Crippen LogP contribution in [-0.2, 0) is 6.54 Å². The van der Waals surface area contributed by atoms with Crippen LogP contribution in [-0.4, -0.2) is 27.9 Å². The lowest BCUT2D eigenvalue weighted by Gasteiger charge is -2.10. The summed E-state index contributed by atoms with van der Waals surface area (Å²) in [5, 5.41) is 14.7. The molecular formula is C19H16ClF3N2O2. The Morgan fingerprint density at radius 1 is 1.22 bits per heavy atom. The Hall–Kier alpha value is -2.51. The Labute approximate surface area is 158 Å². The number of hydrogen-bond acceptors (Lipinski definition) is 3. The van der Waals surface area contributed by atoms with Crippen molar-refractivity contribution >= 4 is 28.6 Å². The molecule has 0 saturated carbocycles. The van der Waals surface area contributed by atoms with Gasteiger partial charge in [0.2, 0.25) is 0 Å². The summed E-state index contributed by atoms with van der Waals surface area (Å²) >= 11 is 5.98. The Balaban J connectivity index is 2.08. The number of fused-ring (bicyclic) bond motifs is 1. The molecule has 3 rings (SSSR count). The first-order valence-corrected chi connectivity index (χ1v) is 8.43. The van der Waals surface area contributed by atoms with Crippen LogP contribution in [0.25, 0.3) is 17.0 Å². The summed E-state index contributed by atoms with van der Waals surface area (Å²) in [6.07, 6.45) is -1.64. The van der Waals surface area contributed by atoms with Gasteiger partial charge in [-0.15, -0.1) is 13.2 Å². The topological polar surface area (TPSA) is 47.3 Å². The molecule has 0 unspecified atom stereocenters. The second-order valence-electron chi connectivity index (χ2n) is 5.93. The number of benzene rings is 2. The van der Waals surface area contributed by atoms with Crippen molar-refractivity contribution in [1.29, 1.82) is 0 Å². The highest BCUT2D eigenvalue weighted by Gasteiger charge is 2.31. The number of aliphatic hydroxyl groups is 1. The molecule has 0 saturated heterocycles. The molecule has 0 amide bonds. The van der Waals surface area contributed by atoms with Gasteiger partial charge in [-0.1, -0.05) is 23.7 Å². The first kappa shape index (κ1) is 19.3. The van der Waals surface area contributed by atoms with Crippen LogP contribution < -0.4 is 4.74 Å². The monoisotopic (exact) mass is 396 g/mol. The average molecular weight is 397 g/mol. The number of aryl methyl sites for hydroxylation is 1. The van der Waals surface area contributed by atoms with Gasteiger partial charge < -0.3 is 9.84 Å². The molecule has 0 aliphatic rings. The molecular weight excluding hydrogens is 381 g/mol. The molecule has 27 heavy (non-hydrogen) atoms. The van der Waals surface area contributed by atoms with Gasteiger partial charge in [-0.3, -0.25) is 4.68 Å². The number of alkyl halides is 3. The van der Waals surface area contributed by atoms with Crippen LogP contribution in [0.1, 0.15) is 16.8 Å². The van der Waals surface area contributed by atoms with Crippen LogP contribution >= 0.6 is 11.6 Å². The number of aromatic nitrogens is 2. The maximum absolute atomic E-state index is 12.6. The molecule has 0 atom stereocenters. The number of ether oxygens (including phenoxy) is 1. The van der Waals surface area contributed by atoms with Gasteiger partial charge in [0, 0.05) is 16.5 Å². The maximum atomic E-state index is 12.6. The fraction of sp³-hybridized carbons (Fsp3) is 0.211. The second-order valence-corrected chi connectivity index (χ2v) is 6.36. The lowest BCUT2D eigenvalue weighted by molar-refractivity contribution is -0.274. The molecule has 0 bridgehead atoms. The third-order valence-corrected chi connectivity index (χ3v) is 4.23. The van der Waals surface area contributed by atoms with E-state index in [1.807, 2.05) is 19.1 Å². The molecule has 0 fully saturated rings. The van der Waals surface area contributed by atoms with Crippen LogP contribution in [0.2, 0.25) is 5.02 Å². The van der Waals surface area contributed by atoms with Crippen molar-refractivity contribution in [3.63, 3.8) is 0 Å². The standard InChI is InChI=1S/C19H16ClF3N2O2/c1-12-9-14(20)5-4-13(12)11-25-18-10-15(27-19(21,22)23)6-7-16(18)17(24-25)3-2-8-26/h2-7,9-10,26H,8,11H2,1H3/b3-2+. The third-order valence-electron chi connectivity index (χ3n) is 3.99. The molecule has 4 nitrogen and oxygen atoms in total. The summed E-state index contributed by atoms with van der Waals surface area (Å²) in [5.74, 6) is -0.318. The van der Waals surface area contributed by atoms with Crippen molar-refractivity contribution in [2.75, 3.05) is 6.61 Å². The molecule has 2 aromatic carbocycles. The van der Waals surface area contributed by atoms with E-state index < -0.39 is 6.36 Å². The second kappa shape index (κ2) is 7.62. The first-order chi connectivity index (χ1) is 12.8. The molecule has 0 spiro atoms. The molecule has 142 valence electrons. The Morgan fingerprint density at radius 3 is 2.67 bits per heavy atom. The smallest absolute Gasteiger partial charge is 0.406 e. The summed E-state index contributed by atoms with van der Waals surface area (Å²) in [7, 11) is 0. The van der Waals surface area contributed by atoms with Crippen molar-refractivity contribution in [3.05, 3.63) is 64.3 Å². The lowest BCUT2D eigenvalue weighted by atomic mass is 10.1. The molecule has 8 heteroatoms. The predicted octanol–water partition coefficient (Wildman–Crippen LogP) is 4.95. The molecule has 1 N–H and O–H groups in total. The summed E-state index contributed by atoms with van der Waals surface area (Å²) in [6.45, 7) is 2.08. The minimum Gasteiger partial charge on any atom is -0.406 e. The average Bonchev–Trinajstić information content (AvgIpc) is 2.91. The van der Waals surface area contributed by atoms with E-state index in [1.54, 1.807) is 16.8 Å². The summed E-state index contributed by atoms with van der Waals surface area (Å²) in [5.41, 5.74) is 2.91. The predicted molar refractivity (Wildman–Crippen MR) is 97.8 cm³/mol. The van der Waals surface area contributed by atoms with Crippen LogP contribution in [0.4, 0.5) is 13.2 Å². The van der Waals surface area contributed by atoms with E-state index in [9.17, 15) is 13.2 Å². The highest BCUT2D eigenvalue weighted by Crippen LogP contribution is 2.29. The van der Waals surface area contributed by atoms with Gasteiger partial charge in [-0.05, 0) is 48.4 Å². The van der Waals surface area contributed by atoms with E-state index in [4.69, 9.17) is 16.7 Å². The molecule has 0 radical (unpaired) electrons. The molecule has 1 aromatic heterocycles. The highest BCUT2D eigenvalue weighted by atomic mass is 35.5. The van der Waals surface area contributed by atoms with Crippen molar-refractivity contribution < 1.29 is 23.0 Å². The number of hydrogen-bond donors (Lipinski definition) is 1. The summed E-state index contributed by atoms with van der Waals surface area (Å²) < 4.78 is 43.3. The Bertz CT molecular complexity index is 997. The van der Waals surface area contributed by atoms with Crippen molar-refractivity contribution in [3.8, 4) is 5.75 Å². The maximum Gasteiger partial charge on any atom is 0.573 e. The normalized spacial score (nSPS) is 12.2. The van der Waals surface area contributed by atoms with Crippen LogP contribution in [0.5, 0.6) is 5.75 Å². The Kier molecular flexibility index (Phi) is 5.43. The summed E-state index contributed by atoms with van der Waals surface area (Å²) in [4.78, 5) is 0. The quantitative estimate of drug-likeness (QED) is 0.663. The highest BCUT2D eigenvalue weighted by molar-refractivity contribution is 6.30. The molecule has 1 heterocycles. The van der Waals surface area contributed by atoms with E-state index >= 15 is 0 Å². The minimum atomic E-state index is -4.77. The van der Waals surface area contributed by atoms with Gasteiger partial charge in [0.1, 0.15) is 5.75 Å². The number of rotatable bonds is 5. The van der Waals surface area contributed by atoms with E-state index in [0.29, 0.717) is 28.2 Å². The number of nitrogens with zero attached hydrogens (tertiary/aromatic N) is 2. The fourth-order valence-electron chi connectivity index (χ4n) is 2.78.